The summed E-state index contributed by atoms with van der Waals surface area (Å²) in [4.78, 5) is 8.97. The third-order valence-corrected chi connectivity index (χ3v) is 12.9. The maximum atomic E-state index is 6.33. The summed E-state index contributed by atoms with van der Waals surface area (Å²) in [5.74, 6) is 7.69. The van der Waals surface area contributed by atoms with Crippen LogP contribution in [0.5, 0.6) is 0 Å². The molecule has 5 heteroatoms. The number of fused-ring (bicyclic) bond motifs is 6. The molecular formula is C42H36GeIrN2O-2. The number of rotatable bonds is 4. The molecule has 8 rings (SSSR count). The van der Waals surface area contributed by atoms with E-state index in [2.05, 4.69) is 138 Å². The van der Waals surface area contributed by atoms with Crippen molar-refractivity contribution < 1.29 is 24.5 Å². The monoisotopic (exact) mass is 851 g/mol. The molecule has 0 saturated carbocycles. The molecule has 47 heavy (non-hydrogen) atoms. The van der Waals surface area contributed by atoms with Crippen LogP contribution in [0.4, 0.5) is 0 Å². The third kappa shape index (κ3) is 6.69. The van der Waals surface area contributed by atoms with Crippen molar-refractivity contribution in [3.05, 3.63) is 139 Å². The minimum Gasteiger partial charge on any atom is -0.305 e. The summed E-state index contributed by atoms with van der Waals surface area (Å²) in [6.07, 6.45) is 3.69. The predicted molar refractivity (Wildman–Crippen MR) is 196 cm³/mol. The molecule has 0 bridgehead atoms. The molecule has 0 saturated heterocycles. The Balaban J connectivity index is 0.000000166. The zero-order valence-electron chi connectivity index (χ0n) is 27.3. The second-order valence-electron chi connectivity index (χ2n) is 13.1. The maximum absolute atomic E-state index is 6.33. The molecule has 0 unspecified atom stereocenters. The largest absolute Gasteiger partial charge is 0.305 e. The summed E-state index contributed by atoms with van der Waals surface area (Å²) in [5, 5.41) is 7.31. The molecule has 0 aliphatic heterocycles. The predicted octanol–water partition coefficient (Wildman–Crippen LogP) is 11.0. The fourth-order valence-electron chi connectivity index (χ4n) is 5.96. The van der Waals surface area contributed by atoms with E-state index in [0.29, 0.717) is 5.92 Å². The van der Waals surface area contributed by atoms with Crippen LogP contribution < -0.4 is 4.40 Å². The van der Waals surface area contributed by atoms with Gasteiger partial charge in [-0.05, 0) is 17.1 Å². The van der Waals surface area contributed by atoms with E-state index in [1.54, 1.807) is 0 Å². The number of benzene rings is 5. The topological polar surface area (TPSA) is 38.9 Å². The van der Waals surface area contributed by atoms with Crippen molar-refractivity contribution in [2.75, 3.05) is 0 Å². The SMILES string of the molecule is CC(C)c1ccnc(-c2[c-]ccc3c2oc2c[c]([Ge]([CH3])([CH3])[CH3])ccc23)c1.[Ir].[c-]1cc2c(ccc3ccccc32)cc1-c1ccccn1. The van der Waals surface area contributed by atoms with Gasteiger partial charge in [0.25, 0.3) is 0 Å². The average molecular weight is 850 g/mol. The normalized spacial score (nSPS) is 11.5. The van der Waals surface area contributed by atoms with Gasteiger partial charge in [0.1, 0.15) is 0 Å². The van der Waals surface area contributed by atoms with Crippen molar-refractivity contribution in [3.8, 4) is 22.5 Å². The molecule has 0 N–H and O–H groups in total. The molecule has 235 valence electrons. The number of aromatic nitrogens is 2. The Hall–Kier alpha value is -4.09. The molecule has 0 atom stereocenters. The van der Waals surface area contributed by atoms with Gasteiger partial charge in [-0.2, -0.15) is 0 Å². The number of furan rings is 1. The molecule has 3 heterocycles. The van der Waals surface area contributed by atoms with Crippen LogP contribution in [0.25, 0.3) is 66.0 Å². The van der Waals surface area contributed by atoms with Gasteiger partial charge in [0.15, 0.2) is 0 Å². The van der Waals surface area contributed by atoms with Gasteiger partial charge in [0.2, 0.25) is 0 Å². The van der Waals surface area contributed by atoms with Crippen molar-refractivity contribution in [3.63, 3.8) is 0 Å². The van der Waals surface area contributed by atoms with Crippen LogP contribution in [-0.2, 0) is 20.1 Å². The van der Waals surface area contributed by atoms with E-state index < -0.39 is 13.3 Å². The second kappa shape index (κ2) is 13.6. The average Bonchev–Trinajstić information content (AvgIpc) is 3.47. The maximum Gasteiger partial charge on any atom is 0.0160 e. The Morgan fingerprint density at radius 1 is 0.660 bits per heavy atom. The van der Waals surface area contributed by atoms with E-state index in [1.807, 2.05) is 36.7 Å². The Labute approximate surface area is 292 Å². The number of pyridine rings is 2. The molecule has 0 spiro atoms. The first-order valence-corrected chi connectivity index (χ1v) is 23.2. The zero-order valence-corrected chi connectivity index (χ0v) is 31.8. The van der Waals surface area contributed by atoms with Crippen LogP contribution in [0, 0.1) is 12.1 Å². The molecule has 3 aromatic heterocycles. The van der Waals surface area contributed by atoms with Crippen LogP contribution >= 0.6 is 0 Å². The first-order valence-electron chi connectivity index (χ1n) is 15.8. The van der Waals surface area contributed by atoms with E-state index in [0.717, 1.165) is 39.1 Å². The van der Waals surface area contributed by atoms with Crippen molar-refractivity contribution in [2.45, 2.75) is 37.0 Å². The van der Waals surface area contributed by atoms with Gasteiger partial charge in [-0.1, -0.05) is 59.3 Å². The van der Waals surface area contributed by atoms with Gasteiger partial charge < -0.3 is 4.98 Å². The first-order chi connectivity index (χ1) is 22.3. The van der Waals surface area contributed by atoms with Crippen LogP contribution in [-0.4, -0.2) is 23.2 Å². The summed E-state index contributed by atoms with van der Waals surface area (Å²) >= 11 is -1.89. The summed E-state index contributed by atoms with van der Waals surface area (Å²) in [6, 6.07) is 44.7. The third-order valence-electron chi connectivity index (χ3n) is 8.62. The smallest absolute Gasteiger partial charge is 0.0160 e. The van der Waals surface area contributed by atoms with Crippen molar-refractivity contribution in [1.82, 2.24) is 9.97 Å². The van der Waals surface area contributed by atoms with Crippen LogP contribution in [0.15, 0.2) is 126 Å². The van der Waals surface area contributed by atoms with Gasteiger partial charge >= 0.3 is 158 Å². The molecule has 0 amide bonds. The molecule has 8 aromatic rings. The molecule has 3 nitrogen and oxygen atoms in total. The summed E-state index contributed by atoms with van der Waals surface area (Å²) < 4.78 is 7.79. The Kier molecular flexibility index (Phi) is 9.48. The molecule has 0 aliphatic rings. The molecular weight excluding hydrogens is 813 g/mol. The van der Waals surface area contributed by atoms with Crippen molar-refractivity contribution in [1.29, 1.82) is 0 Å². The van der Waals surface area contributed by atoms with Gasteiger partial charge in [0.05, 0.1) is 0 Å². The van der Waals surface area contributed by atoms with Gasteiger partial charge in [0, 0.05) is 26.3 Å². The summed E-state index contributed by atoms with van der Waals surface area (Å²) in [7, 11) is 0. The Bertz CT molecular complexity index is 2340. The number of hydrogen-bond acceptors (Lipinski definition) is 3. The van der Waals surface area contributed by atoms with Crippen molar-refractivity contribution >= 4 is 61.1 Å². The molecule has 5 aromatic carbocycles. The van der Waals surface area contributed by atoms with E-state index in [-0.39, 0.29) is 20.1 Å². The fraction of sp³-hybridized carbons (Fsp3) is 0.143. The summed E-state index contributed by atoms with van der Waals surface area (Å²) in [6.45, 7) is 4.40. The van der Waals surface area contributed by atoms with Gasteiger partial charge in [-0.25, -0.2) is 0 Å². The van der Waals surface area contributed by atoms with E-state index in [1.165, 1.54) is 36.9 Å². The summed E-state index contributed by atoms with van der Waals surface area (Å²) in [5.41, 5.74) is 7.00. The van der Waals surface area contributed by atoms with Gasteiger partial charge in [-0.3, -0.25) is 0 Å². The van der Waals surface area contributed by atoms with Crippen LogP contribution in [0.3, 0.4) is 0 Å². The standard InChI is InChI=1S/C23H24GeNO.C19H12N.Ir/c1-15(2)16-11-12-25-21(13-16)20-8-6-7-19-18-10-9-17(24(3,4)5)14-22(18)26-23(19)20;1-2-6-17-14(5-1)8-9-15-13-16(10-11-18(15)17)19-7-3-4-12-20-19;/h6-7,9-15H,1-5H3;1-9,11-13H;/q2*-1;. The molecule has 1 radical (unpaired) electrons. The van der Waals surface area contributed by atoms with Crippen LogP contribution in [0.2, 0.25) is 17.3 Å². The molecule has 0 aliphatic carbocycles. The van der Waals surface area contributed by atoms with Gasteiger partial charge in [-0.15, -0.1) is 29.1 Å². The van der Waals surface area contributed by atoms with E-state index >= 15 is 0 Å². The second-order valence-corrected chi connectivity index (χ2v) is 23.8. The first kappa shape index (κ1) is 32.8. The number of nitrogens with zero attached hydrogens (tertiary/aromatic N) is 2. The van der Waals surface area contributed by atoms with E-state index in [4.69, 9.17) is 4.42 Å². The van der Waals surface area contributed by atoms with Crippen LogP contribution in [0.1, 0.15) is 25.3 Å². The Morgan fingerprint density at radius 3 is 2.23 bits per heavy atom. The fourth-order valence-corrected chi connectivity index (χ4v) is 8.36. The Morgan fingerprint density at radius 2 is 1.45 bits per heavy atom. The van der Waals surface area contributed by atoms with Crippen molar-refractivity contribution in [2.24, 2.45) is 0 Å². The minimum absolute atomic E-state index is 0. The number of hydrogen-bond donors (Lipinski definition) is 0. The zero-order chi connectivity index (χ0) is 31.8. The molecule has 0 fully saturated rings. The quantitative estimate of drug-likeness (QED) is 0.101. The minimum atomic E-state index is -1.89. The van der Waals surface area contributed by atoms with E-state index in [9.17, 15) is 0 Å².